The Bertz CT molecular complexity index is 768. The maximum absolute atomic E-state index is 12.3. The summed E-state index contributed by atoms with van der Waals surface area (Å²) in [6.07, 6.45) is 0. The minimum atomic E-state index is -0.376. The van der Waals surface area contributed by atoms with E-state index in [4.69, 9.17) is 9.47 Å². The quantitative estimate of drug-likeness (QED) is 0.709. The molecule has 0 saturated heterocycles. The van der Waals surface area contributed by atoms with Crippen LogP contribution in [0.25, 0.3) is 0 Å². The molecular formula is C20H20O4S2. The van der Waals surface area contributed by atoms with Gasteiger partial charge in [0, 0.05) is 23.0 Å². The molecule has 0 aromatic heterocycles. The van der Waals surface area contributed by atoms with Crippen LogP contribution >= 0.6 is 23.5 Å². The lowest BCUT2D eigenvalue weighted by molar-refractivity contribution is 0.0585. The van der Waals surface area contributed by atoms with Crippen LogP contribution in [-0.4, -0.2) is 26.2 Å². The van der Waals surface area contributed by atoms with Gasteiger partial charge < -0.3 is 9.47 Å². The number of carbonyl (C=O) groups is 2. The van der Waals surface area contributed by atoms with E-state index >= 15 is 0 Å². The van der Waals surface area contributed by atoms with Crippen LogP contribution in [-0.2, 0) is 32.5 Å². The van der Waals surface area contributed by atoms with Gasteiger partial charge in [-0.1, -0.05) is 24.3 Å². The van der Waals surface area contributed by atoms with Gasteiger partial charge >= 0.3 is 11.9 Å². The summed E-state index contributed by atoms with van der Waals surface area (Å²) in [5.41, 5.74) is 5.16. The summed E-state index contributed by atoms with van der Waals surface area (Å²) < 4.78 is 9.90. The van der Waals surface area contributed by atoms with Gasteiger partial charge in [-0.25, -0.2) is 9.59 Å². The zero-order valence-corrected chi connectivity index (χ0v) is 16.4. The van der Waals surface area contributed by atoms with E-state index in [2.05, 4.69) is 24.3 Å². The second-order valence-electron chi connectivity index (χ2n) is 5.96. The Morgan fingerprint density at radius 3 is 1.65 bits per heavy atom. The SMILES string of the molecule is COC(=O)c1cc2c(C(=O)OC)cc1CSCc1cccc(c1)CSC2. The number of hydrogen-bond acceptors (Lipinski definition) is 6. The molecule has 0 spiro atoms. The van der Waals surface area contributed by atoms with Gasteiger partial charge in [-0.2, -0.15) is 23.5 Å². The predicted molar refractivity (Wildman–Crippen MR) is 106 cm³/mol. The minimum absolute atomic E-state index is 0.376. The number of esters is 2. The lowest BCUT2D eigenvalue weighted by Crippen LogP contribution is -2.12. The average molecular weight is 389 g/mol. The largest absolute Gasteiger partial charge is 0.465 e. The molecule has 2 aromatic rings. The van der Waals surface area contributed by atoms with Crippen LogP contribution < -0.4 is 0 Å². The maximum Gasteiger partial charge on any atom is 0.338 e. The highest BCUT2D eigenvalue weighted by molar-refractivity contribution is 7.98. The van der Waals surface area contributed by atoms with Crippen molar-refractivity contribution in [1.29, 1.82) is 0 Å². The molecule has 2 heterocycles. The molecule has 6 heteroatoms. The second kappa shape index (κ2) is 8.64. The smallest absolute Gasteiger partial charge is 0.338 e. The summed E-state index contributed by atoms with van der Waals surface area (Å²) in [7, 11) is 2.75. The van der Waals surface area contributed by atoms with Crippen LogP contribution in [0.2, 0.25) is 0 Å². The van der Waals surface area contributed by atoms with Crippen LogP contribution in [0.3, 0.4) is 0 Å². The summed E-state index contributed by atoms with van der Waals surface area (Å²) >= 11 is 3.42. The van der Waals surface area contributed by atoms with Crippen molar-refractivity contribution in [2.45, 2.75) is 23.0 Å². The molecule has 0 amide bonds. The van der Waals surface area contributed by atoms with Gasteiger partial charge in [0.05, 0.1) is 25.3 Å². The van der Waals surface area contributed by atoms with Crippen molar-refractivity contribution in [3.8, 4) is 0 Å². The van der Waals surface area contributed by atoms with Gasteiger partial charge in [0.25, 0.3) is 0 Å². The third-order valence-corrected chi connectivity index (χ3v) is 6.29. The van der Waals surface area contributed by atoms with Crippen molar-refractivity contribution in [2.75, 3.05) is 14.2 Å². The zero-order valence-electron chi connectivity index (χ0n) is 14.7. The molecule has 0 fully saturated rings. The van der Waals surface area contributed by atoms with Gasteiger partial charge in [0.1, 0.15) is 0 Å². The first-order valence-electron chi connectivity index (χ1n) is 8.18. The molecule has 2 aliphatic heterocycles. The van der Waals surface area contributed by atoms with E-state index in [1.54, 1.807) is 35.7 Å². The van der Waals surface area contributed by atoms with Crippen LogP contribution in [0.15, 0.2) is 36.4 Å². The van der Waals surface area contributed by atoms with Crippen molar-refractivity contribution in [2.24, 2.45) is 0 Å². The van der Waals surface area contributed by atoms with Crippen molar-refractivity contribution in [3.05, 3.63) is 69.8 Å². The van der Waals surface area contributed by atoms with E-state index in [0.29, 0.717) is 22.6 Å². The molecule has 2 aromatic carbocycles. The standard InChI is InChI=1S/C20H20O4S2/c1-23-19(21)17-7-16-12-26-10-14-5-3-4-13(6-14)9-25-11-15(17)8-18(16)20(22)24-2/h3-8H,9-12H2,1-2H3. The Labute approximate surface area is 161 Å². The van der Waals surface area contributed by atoms with Gasteiger partial charge in [-0.05, 0) is 34.4 Å². The molecule has 0 saturated carbocycles. The van der Waals surface area contributed by atoms with E-state index in [0.717, 1.165) is 22.6 Å². The Morgan fingerprint density at radius 1 is 0.769 bits per heavy atom. The summed E-state index contributed by atoms with van der Waals surface area (Å²) in [4.78, 5) is 24.5. The van der Waals surface area contributed by atoms with Gasteiger partial charge in [-0.3, -0.25) is 0 Å². The zero-order chi connectivity index (χ0) is 18.5. The number of benzene rings is 2. The summed E-state index contributed by atoms with van der Waals surface area (Å²) in [5.74, 6) is 2.17. The van der Waals surface area contributed by atoms with Crippen LogP contribution in [0, 0.1) is 0 Å². The fourth-order valence-electron chi connectivity index (χ4n) is 2.90. The van der Waals surface area contributed by atoms with Crippen molar-refractivity contribution in [3.63, 3.8) is 0 Å². The fraction of sp³-hybridized carbons (Fsp3) is 0.300. The monoisotopic (exact) mass is 388 g/mol. The molecule has 136 valence electrons. The lowest BCUT2D eigenvalue weighted by Gasteiger charge is -2.14. The third-order valence-electron chi connectivity index (χ3n) is 4.18. The molecule has 26 heavy (non-hydrogen) atoms. The van der Waals surface area contributed by atoms with E-state index in [1.807, 2.05) is 0 Å². The molecule has 4 nitrogen and oxygen atoms in total. The first-order chi connectivity index (χ1) is 12.6. The van der Waals surface area contributed by atoms with Crippen LogP contribution in [0.4, 0.5) is 0 Å². The predicted octanol–water partition coefficient (Wildman–Crippen LogP) is 4.44. The van der Waals surface area contributed by atoms with E-state index < -0.39 is 0 Å². The second-order valence-corrected chi connectivity index (χ2v) is 7.93. The van der Waals surface area contributed by atoms with E-state index in [-0.39, 0.29) is 11.9 Å². The highest BCUT2D eigenvalue weighted by Gasteiger charge is 2.20. The Morgan fingerprint density at radius 2 is 1.23 bits per heavy atom. The summed E-state index contributed by atoms with van der Waals surface area (Å²) in [6.45, 7) is 0. The van der Waals surface area contributed by atoms with Crippen LogP contribution in [0.1, 0.15) is 43.0 Å². The third kappa shape index (κ3) is 4.24. The molecule has 0 unspecified atom stereocenters. The van der Waals surface area contributed by atoms with Crippen molar-refractivity contribution >= 4 is 35.5 Å². The molecular weight excluding hydrogens is 368 g/mol. The molecule has 0 atom stereocenters. The van der Waals surface area contributed by atoms with E-state index in [9.17, 15) is 9.59 Å². The number of methoxy groups -OCH3 is 2. The molecule has 0 radical (unpaired) electrons. The Kier molecular flexibility index (Phi) is 6.27. The summed E-state index contributed by atoms with van der Waals surface area (Å²) in [5, 5.41) is 0. The topological polar surface area (TPSA) is 52.6 Å². The number of fused-ring (bicyclic) bond motifs is 6. The molecule has 4 rings (SSSR count). The minimum Gasteiger partial charge on any atom is -0.465 e. The van der Waals surface area contributed by atoms with Crippen molar-refractivity contribution in [1.82, 2.24) is 0 Å². The average Bonchev–Trinajstić information content (AvgIpc) is 2.68. The number of carbonyl (C=O) groups excluding carboxylic acids is 2. The number of ether oxygens (including phenoxy) is 2. The molecule has 0 N–H and O–H groups in total. The number of thioether (sulfide) groups is 2. The maximum atomic E-state index is 12.3. The Hall–Kier alpha value is -1.92. The lowest BCUT2D eigenvalue weighted by atomic mass is 10.00. The van der Waals surface area contributed by atoms with Gasteiger partial charge in [0.2, 0.25) is 0 Å². The number of hydrogen-bond donors (Lipinski definition) is 0. The fourth-order valence-corrected chi connectivity index (χ4v) is 4.85. The number of rotatable bonds is 2. The van der Waals surface area contributed by atoms with Crippen LogP contribution in [0.5, 0.6) is 0 Å². The van der Waals surface area contributed by atoms with Crippen molar-refractivity contribution < 1.29 is 19.1 Å². The molecule has 2 aliphatic rings. The highest BCUT2D eigenvalue weighted by Crippen LogP contribution is 2.29. The Balaban J connectivity index is 2.05. The summed E-state index contributed by atoms with van der Waals surface area (Å²) in [6, 6.07) is 12.1. The highest BCUT2D eigenvalue weighted by atomic mass is 32.2. The van der Waals surface area contributed by atoms with Gasteiger partial charge in [0.15, 0.2) is 0 Å². The normalized spacial score (nSPS) is 13.9. The molecule has 0 aliphatic carbocycles. The van der Waals surface area contributed by atoms with E-state index in [1.165, 1.54) is 25.3 Å². The first kappa shape index (κ1) is 18.9. The molecule has 4 bridgehead atoms. The first-order valence-corrected chi connectivity index (χ1v) is 10.5. The van der Waals surface area contributed by atoms with Gasteiger partial charge in [-0.15, -0.1) is 0 Å².